The monoisotopic (exact) mass is 302 g/mol. The van der Waals surface area contributed by atoms with E-state index in [4.69, 9.17) is 5.73 Å². The van der Waals surface area contributed by atoms with Crippen LogP contribution in [0, 0.1) is 0 Å². The van der Waals surface area contributed by atoms with Crippen molar-refractivity contribution in [2.45, 2.75) is 18.4 Å². The Labute approximate surface area is 132 Å². The number of piperazine rings is 1. The number of benzene rings is 1. The van der Waals surface area contributed by atoms with Crippen LogP contribution in [-0.2, 0) is 4.79 Å². The third-order valence-electron chi connectivity index (χ3n) is 4.78. The quantitative estimate of drug-likeness (QED) is 0.836. The summed E-state index contributed by atoms with van der Waals surface area (Å²) in [5, 5.41) is 3.28. The summed E-state index contributed by atoms with van der Waals surface area (Å²) in [7, 11) is 0. The van der Waals surface area contributed by atoms with Gasteiger partial charge in [0.2, 0.25) is 5.91 Å². The molecule has 0 saturated carbocycles. The average molecular weight is 302 g/mol. The summed E-state index contributed by atoms with van der Waals surface area (Å²) in [5.41, 5.74) is 7.62. The lowest BCUT2D eigenvalue weighted by Crippen LogP contribution is -2.47. The minimum Gasteiger partial charge on any atom is -0.340 e. The normalized spacial score (nSPS) is 26.3. The zero-order chi connectivity index (χ0) is 15.4. The molecule has 1 aromatic carbocycles. The molecule has 0 aromatic heterocycles. The van der Waals surface area contributed by atoms with Gasteiger partial charge in [0.05, 0.1) is 0 Å². The molecule has 0 radical (unpaired) electrons. The van der Waals surface area contributed by atoms with Gasteiger partial charge >= 0.3 is 0 Å². The Morgan fingerprint density at radius 2 is 1.91 bits per heavy atom. The molecule has 22 heavy (non-hydrogen) atoms. The first-order chi connectivity index (χ1) is 10.7. The van der Waals surface area contributed by atoms with Crippen molar-refractivity contribution in [3.05, 3.63) is 35.9 Å². The molecule has 5 heteroatoms. The van der Waals surface area contributed by atoms with Gasteiger partial charge in [0, 0.05) is 64.2 Å². The van der Waals surface area contributed by atoms with E-state index >= 15 is 0 Å². The minimum atomic E-state index is 0.164. The molecule has 0 spiro atoms. The van der Waals surface area contributed by atoms with Gasteiger partial charge in [-0.25, -0.2) is 0 Å². The topological polar surface area (TPSA) is 61.6 Å². The fraction of sp³-hybridized carbons (Fsp3) is 0.588. The average Bonchev–Trinajstić information content (AvgIpc) is 2.95. The Kier molecular flexibility index (Phi) is 5.08. The lowest BCUT2D eigenvalue weighted by atomic mass is 9.95. The van der Waals surface area contributed by atoms with Crippen molar-refractivity contribution >= 4 is 5.91 Å². The Bertz CT molecular complexity index is 487. The largest absolute Gasteiger partial charge is 0.340 e. The van der Waals surface area contributed by atoms with E-state index in [2.05, 4.69) is 34.5 Å². The molecule has 2 heterocycles. The number of rotatable bonds is 4. The smallest absolute Gasteiger partial charge is 0.223 e. The fourth-order valence-corrected chi connectivity index (χ4v) is 3.47. The number of carbonyl (C=O) groups excluding carboxylic acids is 1. The van der Waals surface area contributed by atoms with E-state index in [1.807, 2.05) is 11.0 Å². The van der Waals surface area contributed by atoms with Crippen LogP contribution in [0.4, 0.5) is 0 Å². The van der Waals surface area contributed by atoms with Gasteiger partial charge in [-0.3, -0.25) is 4.79 Å². The molecule has 2 atom stereocenters. The zero-order valence-corrected chi connectivity index (χ0v) is 13.1. The number of nitrogens with one attached hydrogen (secondary N) is 1. The highest BCUT2D eigenvalue weighted by Crippen LogP contribution is 2.26. The minimum absolute atomic E-state index is 0.164. The fourth-order valence-electron chi connectivity index (χ4n) is 3.47. The van der Waals surface area contributed by atoms with Crippen LogP contribution in [0.5, 0.6) is 0 Å². The van der Waals surface area contributed by atoms with Gasteiger partial charge in [0.15, 0.2) is 0 Å². The molecule has 120 valence electrons. The Hall–Kier alpha value is -1.43. The number of hydrogen-bond donors (Lipinski definition) is 2. The predicted molar refractivity (Wildman–Crippen MR) is 87.7 cm³/mol. The van der Waals surface area contributed by atoms with E-state index in [0.717, 1.165) is 45.8 Å². The highest BCUT2D eigenvalue weighted by atomic mass is 16.2. The van der Waals surface area contributed by atoms with Crippen LogP contribution in [0.2, 0.25) is 0 Å². The molecule has 3 rings (SSSR count). The SMILES string of the molecule is N[C@@H]1CN(CCC(=O)N2CCNCC2)C[C@H]1c1ccccc1. The van der Waals surface area contributed by atoms with Gasteiger partial charge in [-0.1, -0.05) is 30.3 Å². The number of likely N-dealkylation sites (tertiary alicyclic amines) is 1. The molecule has 0 unspecified atom stereocenters. The molecule has 2 saturated heterocycles. The van der Waals surface area contributed by atoms with Crippen molar-refractivity contribution in [3.8, 4) is 0 Å². The molecule has 2 aliphatic heterocycles. The maximum absolute atomic E-state index is 12.2. The van der Waals surface area contributed by atoms with E-state index in [1.165, 1.54) is 5.56 Å². The van der Waals surface area contributed by atoms with Crippen molar-refractivity contribution in [1.82, 2.24) is 15.1 Å². The number of amides is 1. The van der Waals surface area contributed by atoms with E-state index in [9.17, 15) is 4.79 Å². The standard InChI is InChI=1S/C17H26N4O/c18-16-13-20(12-15(16)14-4-2-1-3-5-14)9-6-17(22)21-10-7-19-8-11-21/h1-5,15-16,19H,6-13,18H2/t15-,16+/m0/s1. The molecule has 2 aliphatic rings. The van der Waals surface area contributed by atoms with Crippen LogP contribution in [0.15, 0.2) is 30.3 Å². The second-order valence-electron chi connectivity index (χ2n) is 6.32. The second kappa shape index (κ2) is 7.22. The molecule has 3 N–H and O–H groups in total. The Balaban J connectivity index is 1.49. The van der Waals surface area contributed by atoms with E-state index < -0.39 is 0 Å². The number of nitrogens with two attached hydrogens (primary N) is 1. The molecule has 0 bridgehead atoms. The number of nitrogens with zero attached hydrogens (tertiary/aromatic N) is 2. The highest BCUT2D eigenvalue weighted by molar-refractivity contribution is 5.76. The second-order valence-corrected chi connectivity index (χ2v) is 6.32. The van der Waals surface area contributed by atoms with Crippen molar-refractivity contribution < 1.29 is 4.79 Å². The lowest BCUT2D eigenvalue weighted by molar-refractivity contribution is -0.132. The van der Waals surface area contributed by atoms with E-state index in [1.54, 1.807) is 0 Å². The van der Waals surface area contributed by atoms with Crippen molar-refractivity contribution in [2.24, 2.45) is 5.73 Å². The van der Waals surface area contributed by atoms with Crippen LogP contribution >= 0.6 is 0 Å². The predicted octanol–water partition coefficient (Wildman–Crippen LogP) is 0.235. The summed E-state index contributed by atoms with van der Waals surface area (Å²) in [6.07, 6.45) is 0.605. The van der Waals surface area contributed by atoms with E-state index in [-0.39, 0.29) is 11.9 Å². The van der Waals surface area contributed by atoms with E-state index in [0.29, 0.717) is 12.3 Å². The Morgan fingerprint density at radius 3 is 2.64 bits per heavy atom. The first-order valence-electron chi connectivity index (χ1n) is 8.25. The maximum atomic E-state index is 12.2. The van der Waals surface area contributed by atoms with Crippen LogP contribution in [0.1, 0.15) is 17.9 Å². The van der Waals surface area contributed by atoms with Crippen LogP contribution in [-0.4, -0.2) is 67.6 Å². The van der Waals surface area contributed by atoms with Crippen molar-refractivity contribution in [1.29, 1.82) is 0 Å². The highest BCUT2D eigenvalue weighted by Gasteiger charge is 2.31. The van der Waals surface area contributed by atoms with Crippen LogP contribution in [0.3, 0.4) is 0 Å². The molecule has 2 fully saturated rings. The van der Waals surface area contributed by atoms with Crippen LogP contribution in [0.25, 0.3) is 0 Å². The molecular weight excluding hydrogens is 276 g/mol. The van der Waals surface area contributed by atoms with Gasteiger partial charge in [0.25, 0.3) is 0 Å². The summed E-state index contributed by atoms with van der Waals surface area (Å²) in [6.45, 7) is 6.16. The first-order valence-corrected chi connectivity index (χ1v) is 8.25. The first kappa shape index (κ1) is 15.5. The van der Waals surface area contributed by atoms with Gasteiger partial charge in [0.1, 0.15) is 0 Å². The van der Waals surface area contributed by atoms with Gasteiger partial charge in [-0.2, -0.15) is 0 Å². The number of carbonyl (C=O) groups is 1. The summed E-state index contributed by atoms with van der Waals surface area (Å²) in [6, 6.07) is 10.6. The summed E-state index contributed by atoms with van der Waals surface area (Å²) >= 11 is 0. The van der Waals surface area contributed by atoms with Crippen LogP contribution < -0.4 is 11.1 Å². The lowest BCUT2D eigenvalue weighted by Gasteiger charge is -2.28. The molecule has 1 amide bonds. The summed E-state index contributed by atoms with van der Waals surface area (Å²) in [4.78, 5) is 16.5. The van der Waals surface area contributed by atoms with Crippen molar-refractivity contribution in [3.63, 3.8) is 0 Å². The summed E-state index contributed by atoms with van der Waals surface area (Å²) in [5.74, 6) is 0.661. The third kappa shape index (κ3) is 3.66. The van der Waals surface area contributed by atoms with Gasteiger partial charge in [-0.15, -0.1) is 0 Å². The zero-order valence-electron chi connectivity index (χ0n) is 13.1. The number of hydrogen-bond acceptors (Lipinski definition) is 4. The summed E-state index contributed by atoms with van der Waals surface area (Å²) < 4.78 is 0. The maximum Gasteiger partial charge on any atom is 0.223 e. The Morgan fingerprint density at radius 1 is 1.18 bits per heavy atom. The molecule has 0 aliphatic carbocycles. The molecule has 5 nitrogen and oxygen atoms in total. The molecule has 1 aromatic rings. The van der Waals surface area contributed by atoms with Gasteiger partial charge in [-0.05, 0) is 5.56 Å². The molecular formula is C17H26N4O. The van der Waals surface area contributed by atoms with Crippen molar-refractivity contribution in [2.75, 3.05) is 45.8 Å². The van der Waals surface area contributed by atoms with Gasteiger partial charge < -0.3 is 20.9 Å². The third-order valence-corrected chi connectivity index (χ3v) is 4.78.